The average molecular weight is 299 g/mol. The summed E-state index contributed by atoms with van der Waals surface area (Å²) in [5, 5.41) is 19.4. The molecule has 0 saturated heterocycles. The Labute approximate surface area is 119 Å². The van der Waals surface area contributed by atoms with Crippen molar-refractivity contribution in [2.45, 2.75) is 25.5 Å². The van der Waals surface area contributed by atoms with Crippen molar-refractivity contribution in [3.8, 4) is 5.75 Å². The van der Waals surface area contributed by atoms with E-state index in [0.29, 0.717) is 0 Å². The van der Waals surface area contributed by atoms with Crippen LogP contribution in [-0.2, 0) is 14.4 Å². The Morgan fingerprint density at radius 2 is 1.81 bits per heavy atom. The summed E-state index contributed by atoms with van der Waals surface area (Å²) in [5.41, 5.74) is 0. The number of amides is 1. The number of aliphatic carboxylic acids is 2. The fraction of sp³-hybridized carbons (Fsp3) is 0.308. The lowest BCUT2D eigenvalue weighted by Gasteiger charge is -2.17. The van der Waals surface area contributed by atoms with Gasteiger partial charge in [0.2, 0.25) is 0 Å². The van der Waals surface area contributed by atoms with E-state index in [2.05, 4.69) is 5.32 Å². The van der Waals surface area contributed by atoms with E-state index >= 15 is 0 Å². The van der Waals surface area contributed by atoms with Gasteiger partial charge in [0, 0.05) is 0 Å². The third-order valence-electron chi connectivity index (χ3n) is 2.49. The highest BCUT2D eigenvalue weighted by molar-refractivity contribution is 5.88. The van der Waals surface area contributed by atoms with Gasteiger partial charge in [-0.15, -0.1) is 0 Å². The summed E-state index contributed by atoms with van der Waals surface area (Å²) in [6, 6.07) is 3.36. The van der Waals surface area contributed by atoms with Crippen LogP contribution in [0, 0.1) is 5.82 Å². The summed E-state index contributed by atoms with van der Waals surface area (Å²) in [7, 11) is 0. The molecule has 0 saturated carbocycles. The Hall–Kier alpha value is -2.64. The van der Waals surface area contributed by atoms with E-state index < -0.39 is 42.2 Å². The van der Waals surface area contributed by atoms with Crippen LogP contribution in [-0.4, -0.2) is 40.2 Å². The Morgan fingerprint density at radius 3 is 2.29 bits per heavy atom. The van der Waals surface area contributed by atoms with E-state index in [1.807, 2.05) is 0 Å². The highest BCUT2D eigenvalue weighted by atomic mass is 19.1. The van der Waals surface area contributed by atoms with Crippen molar-refractivity contribution in [1.82, 2.24) is 5.32 Å². The minimum Gasteiger partial charge on any atom is -0.481 e. The van der Waals surface area contributed by atoms with E-state index in [0.717, 1.165) is 12.1 Å². The van der Waals surface area contributed by atoms with Gasteiger partial charge in [-0.2, -0.15) is 0 Å². The van der Waals surface area contributed by atoms with Crippen molar-refractivity contribution < 1.29 is 33.7 Å². The molecule has 2 unspecified atom stereocenters. The average Bonchev–Trinajstić information content (AvgIpc) is 2.39. The van der Waals surface area contributed by atoms with Crippen LogP contribution in [0.4, 0.5) is 4.39 Å². The maximum atomic E-state index is 12.7. The lowest BCUT2D eigenvalue weighted by atomic mass is 10.2. The third-order valence-corrected chi connectivity index (χ3v) is 2.49. The molecule has 21 heavy (non-hydrogen) atoms. The van der Waals surface area contributed by atoms with Gasteiger partial charge < -0.3 is 20.3 Å². The third kappa shape index (κ3) is 5.47. The largest absolute Gasteiger partial charge is 0.481 e. The molecular weight excluding hydrogens is 285 g/mol. The van der Waals surface area contributed by atoms with E-state index in [-0.39, 0.29) is 5.75 Å². The highest BCUT2D eigenvalue weighted by Crippen LogP contribution is 2.13. The molecule has 2 atom stereocenters. The predicted molar refractivity (Wildman–Crippen MR) is 68.3 cm³/mol. The first-order chi connectivity index (χ1) is 9.79. The monoisotopic (exact) mass is 299 g/mol. The zero-order valence-corrected chi connectivity index (χ0v) is 11.1. The molecule has 0 aromatic heterocycles. The molecule has 0 aliphatic rings. The van der Waals surface area contributed by atoms with E-state index in [4.69, 9.17) is 14.9 Å². The van der Waals surface area contributed by atoms with Crippen molar-refractivity contribution >= 4 is 17.8 Å². The minimum absolute atomic E-state index is 0.226. The zero-order valence-electron chi connectivity index (χ0n) is 11.1. The number of hydrogen-bond donors (Lipinski definition) is 3. The van der Waals surface area contributed by atoms with Crippen LogP contribution in [0.2, 0.25) is 0 Å². The van der Waals surface area contributed by atoms with E-state index in [1.165, 1.54) is 19.1 Å². The molecule has 0 aliphatic carbocycles. The van der Waals surface area contributed by atoms with Crippen LogP contribution in [0.3, 0.4) is 0 Å². The molecule has 1 amide bonds. The molecule has 0 aliphatic heterocycles. The van der Waals surface area contributed by atoms with Gasteiger partial charge >= 0.3 is 11.9 Å². The van der Waals surface area contributed by atoms with Crippen LogP contribution >= 0.6 is 0 Å². The Bertz CT molecular complexity index is 530. The lowest BCUT2D eigenvalue weighted by molar-refractivity contribution is -0.147. The maximum absolute atomic E-state index is 12.7. The Kier molecular flexibility index (Phi) is 5.65. The van der Waals surface area contributed by atoms with Crippen molar-refractivity contribution in [3.63, 3.8) is 0 Å². The second-order valence-corrected chi connectivity index (χ2v) is 4.21. The van der Waals surface area contributed by atoms with E-state index in [1.54, 1.807) is 0 Å². The van der Waals surface area contributed by atoms with Crippen LogP contribution < -0.4 is 10.1 Å². The highest BCUT2D eigenvalue weighted by Gasteiger charge is 2.26. The molecule has 0 heterocycles. The first-order valence-electron chi connectivity index (χ1n) is 5.96. The molecule has 1 aromatic carbocycles. The first-order valence-corrected chi connectivity index (χ1v) is 5.96. The quantitative estimate of drug-likeness (QED) is 0.681. The van der Waals surface area contributed by atoms with Gasteiger partial charge in [-0.25, -0.2) is 9.18 Å². The number of benzene rings is 1. The van der Waals surface area contributed by atoms with Crippen LogP contribution in [0.25, 0.3) is 0 Å². The predicted octanol–water partition coefficient (Wildman–Crippen LogP) is 0.637. The standard InChI is InChI=1S/C13H14FNO6/c1-7(21-9-4-2-8(14)3-5-9)12(18)15-10(13(19)20)6-11(16)17/h2-5,7,10H,6H2,1H3,(H,15,18)(H,16,17)(H,19,20). The molecule has 8 heteroatoms. The minimum atomic E-state index is -1.55. The van der Waals surface area contributed by atoms with Gasteiger partial charge in [-0.05, 0) is 31.2 Å². The zero-order chi connectivity index (χ0) is 16.0. The lowest BCUT2D eigenvalue weighted by Crippen LogP contribution is -2.47. The Balaban J connectivity index is 2.62. The molecule has 3 N–H and O–H groups in total. The molecule has 0 spiro atoms. The molecule has 114 valence electrons. The molecule has 1 aromatic rings. The second-order valence-electron chi connectivity index (χ2n) is 4.21. The van der Waals surface area contributed by atoms with Gasteiger partial charge in [0.25, 0.3) is 5.91 Å². The molecular formula is C13H14FNO6. The van der Waals surface area contributed by atoms with Gasteiger partial charge in [0.05, 0.1) is 6.42 Å². The summed E-state index contributed by atoms with van der Waals surface area (Å²) < 4.78 is 17.9. The van der Waals surface area contributed by atoms with Gasteiger partial charge in [0.15, 0.2) is 6.10 Å². The summed E-state index contributed by atoms with van der Waals surface area (Å²) in [6.07, 6.45) is -1.81. The van der Waals surface area contributed by atoms with Crippen LogP contribution in [0.1, 0.15) is 13.3 Å². The summed E-state index contributed by atoms with van der Waals surface area (Å²) in [6.45, 7) is 1.36. The van der Waals surface area contributed by atoms with Gasteiger partial charge in [0.1, 0.15) is 17.6 Å². The number of carbonyl (C=O) groups excluding carboxylic acids is 1. The smallest absolute Gasteiger partial charge is 0.326 e. The number of carboxylic acid groups (broad SMARTS) is 2. The van der Waals surface area contributed by atoms with Crippen molar-refractivity contribution in [3.05, 3.63) is 30.1 Å². The van der Waals surface area contributed by atoms with Crippen molar-refractivity contribution in [2.24, 2.45) is 0 Å². The van der Waals surface area contributed by atoms with Gasteiger partial charge in [-0.1, -0.05) is 0 Å². The number of halogens is 1. The normalized spacial score (nSPS) is 13.0. The topological polar surface area (TPSA) is 113 Å². The first kappa shape index (κ1) is 16.4. The molecule has 0 bridgehead atoms. The molecule has 7 nitrogen and oxygen atoms in total. The van der Waals surface area contributed by atoms with Crippen LogP contribution in [0.5, 0.6) is 5.75 Å². The Morgan fingerprint density at radius 1 is 1.24 bits per heavy atom. The van der Waals surface area contributed by atoms with Crippen LogP contribution in [0.15, 0.2) is 24.3 Å². The number of rotatable bonds is 7. The number of ether oxygens (including phenoxy) is 1. The SMILES string of the molecule is CC(Oc1ccc(F)cc1)C(=O)NC(CC(=O)O)C(=O)O. The molecule has 0 radical (unpaired) electrons. The van der Waals surface area contributed by atoms with E-state index in [9.17, 15) is 18.8 Å². The van der Waals surface area contributed by atoms with Gasteiger partial charge in [-0.3, -0.25) is 9.59 Å². The van der Waals surface area contributed by atoms with Crippen molar-refractivity contribution in [1.29, 1.82) is 0 Å². The second kappa shape index (κ2) is 7.22. The summed E-state index contributed by atoms with van der Waals surface area (Å²) in [5.74, 6) is -3.83. The number of carbonyl (C=O) groups is 3. The fourth-order valence-electron chi connectivity index (χ4n) is 1.43. The number of carboxylic acids is 2. The summed E-state index contributed by atoms with van der Waals surface area (Å²) in [4.78, 5) is 33.1. The summed E-state index contributed by atoms with van der Waals surface area (Å²) >= 11 is 0. The fourth-order valence-corrected chi connectivity index (χ4v) is 1.43. The molecule has 1 rings (SSSR count). The number of nitrogens with one attached hydrogen (secondary N) is 1. The number of hydrogen-bond acceptors (Lipinski definition) is 4. The molecule has 0 fully saturated rings. The van der Waals surface area contributed by atoms with Crippen molar-refractivity contribution in [2.75, 3.05) is 0 Å². The maximum Gasteiger partial charge on any atom is 0.326 e.